The van der Waals surface area contributed by atoms with Gasteiger partial charge in [-0.05, 0) is 5.92 Å². The number of aliphatic hydroxyl groups is 5. The molecule has 0 radical (unpaired) electrons. The van der Waals surface area contributed by atoms with Crippen LogP contribution in [0.4, 0.5) is 0 Å². The summed E-state index contributed by atoms with van der Waals surface area (Å²) in [6, 6.07) is 0. The van der Waals surface area contributed by atoms with E-state index >= 15 is 0 Å². The number of hydrogen-bond donors (Lipinski definition) is 5. The molecule has 0 bridgehead atoms. The summed E-state index contributed by atoms with van der Waals surface area (Å²) in [5, 5.41) is 47.5. The van der Waals surface area contributed by atoms with Crippen LogP contribution in [0.3, 0.4) is 0 Å². The van der Waals surface area contributed by atoms with Crippen molar-refractivity contribution in [3.05, 3.63) is 0 Å². The molecule has 0 aromatic carbocycles. The van der Waals surface area contributed by atoms with Gasteiger partial charge in [-0.25, -0.2) is 0 Å². The molecule has 8 nitrogen and oxygen atoms in total. The summed E-state index contributed by atoms with van der Waals surface area (Å²) < 4.78 is 9.39. The van der Waals surface area contributed by atoms with E-state index < -0.39 is 43.0 Å². The van der Waals surface area contributed by atoms with Gasteiger partial charge in [-0.2, -0.15) is 0 Å². The second-order valence-electron chi connectivity index (χ2n) is 4.97. The molecule has 112 valence electrons. The first-order chi connectivity index (χ1) is 8.71. The Morgan fingerprint density at radius 1 is 1.32 bits per heavy atom. The summed E-state index contributed by atoms with van der Waals surface area (Å²) in [5.41, 5.74) is 0. The molecule has 1 saturated heterocycles. The predicted octanol–water partition coefficient (Wildman–Crippen LogP) is -2.30. The van der Waals surface area contributed by atoms with Gasteiger partial charge in [-0.15, -0.1) is 0 Å². The molecule has 1 rings (SSSR count). The molecule has 1 fully saturated rings. The molecular weight excluding hydrogens is 260 g/mol. The first-order valence-electron chi connectivity index (χ1n) is 5.98. The van der Waals surface area contributed by atoms with Gasteiger partial charge in [0.2, 0.25) is 0 Å². The standard InChI is InChI=1S/C11H20O8/c1-5(2)3-7(13)19-11(17)10(16)9(15)8(14)6(4-12)18-11/h5-6,8-10,12,14-17H,3-4H2,1-2H3/t6-,8-,9+,10-,11?/m1/s1. The maximum atomic E-state index is 11.5. The molecule has 1 aliphatic heterocycles. The number of hydrogen-bond acceptors (Lipinski definition) is 8. The Kier molecular flexibility index (Phi) is 5.25. The highest BCUT2D eigenvalue weighted by atomic mass is 16.8. The normalized spacial score (nSPS) is 39.4. The lowest BCUT2D eigenvalue weighted by Crippen LogP contribution is -2.66. The quantitative estimate of drug-likeness (QED) is 0.286. The van der Waals surface area contributed by atoms with Crippen LogP contribution in [0.25, 0.3) is 0 Å². The molecule has 0 saturated carbocycles. The lowest BCUT2D eigenvalue weighted by atomic mass is 9.98. The fourth-order valence-corrected chi connectivity index (χ4v) is 1.75. The van der Waals surface area contributed by atoms with Crippen molar-refractivity contribution in [3.8, 4) is 0 Å². The van der Waals surface area contributed by atoms with Crippen molar-refractivity contribution >= 4 is 5.97 Å². The average Bonchev–Trinajstić information content (AvgIpc) is 2.30. The highest BCUT2D eigenvalue weighted by Gasteiger charge is 2.55. The van der Waals surface area contributed by atoms with Crippen LogP contribution in [0.15, 0.2) is 0 Å². The third-order valence-corrected chi connectivity index (χ3v) is 2.76. The van der Waals surface area contributed by atoms with E-state index in [0.717, 1.165) is 0 Å². The Bertz CT molecular complexity index is 318. The van der Waals surface area contributed by atoms with E-state index in [0.29, 0.717) is 0 Å². The summed E-state index contributed by atoms with van der Waals surface area (Å²) >= 11 is 0. The van der Waals surface area contributed by atoms with Crippen LogP contribution in [0.1, 0.15) is 20.3 Å². The van der Waals surface area contributed by atoms with Crippen LogP contribution in [-0.4, -0.2) is 68.5 Å². The number of carbonyl (C=O) groups excluding carboxylic acids is 1. The van der Waals surface area contributed by atoms with Crippen molar-refractivity contribution in [3.63, 3.8) is 0 Å². The fraction of sp³-hybridized carbons (Fsp3) is 0.909. The van der Waals surface area contributed by atoms with Gasteiger partial charge in [0.05, 0.1) is 6.61 Å². The molecule has 5 N–H and O–H groups in total. The van der Waals surface area contributed by atoms with Gasteiger partial charge in [0.1, 0.15) is 18.3 Å². The Balaban J connectivity index is 2.80. The average molecular weight is 280 g/mol. The second-order valence-corrected chi connectivity index (χ2v) is 4.97. The van der Waals surface area contributed by atoms with E-state index in [9.17, 15) is 25.2 Å². The monoisotopic (exact) mass is 280 g/mol. The Morgan fingerprint density at radius 2 is 1.89 bits per heavy atom. The minimum Gasteiger partial charge on any atom is -0.406 e. The Morgan fingerprint density at radius 3 is 2.37 bits per heavy atom. The number of rotatable bonds is 4. The van der Waals surface area contributed by atoms with Crippen LogP contribution < -0.4 is 0 Å². The van der Waals surface area contributed by atoms with Crippen LogP contribution >= 0.6 is 0 Å². The molecule has 0 aliphatic carbocycles. The molecular formula is C11H20O8. The van der Waals surface area contributed by atoms with Gasteiger partial charge < -0.3 is 35.0 Å². The SMILES string of the molecule is CC(C)CC(=O)OC1(O)O[C@H](CO)[C@@H](O)[C@H](O)[C@H]1O. The van der Waals surface area contributed by atoms with E-state index in [2.05, 4.69) is 4.74 Å². The molecule has 0 aromatic heterocycles. The van der Waals surface area contributed by atoms with Crippen LogP contribution in [-0.2, 0) is 14.3 Å². The number of ether oxygens (including phenoxy) is 2. The van der Waals surface area contributed by atoms with E-state index in [1.165, 1.54) is 0 Å². The summed E-state index contributed by atoms with van der Waals surface area (Å²) in [5.74, 6) is -3.67. The molecule has 1 unspecified atom stereocenters. The van der Waals surface area contributed by atoms with Gasteiger partial charge in [0.15, 0.2) is 6.10 Å². The van der Waals surface area contributed by atoms with Gasteiger partial charge >= 0.3 is 11.9 Å². The minimum absolute atomic E-state index is 0.0270. The zero-order chi connectivity index (χ0) is 14.8. The van der Waals surface area contributed by atoms with Gasteiger partial charge in [0.25, 0.3) is 0 Å². The van der Waals surface area contributed by atoms with Crippen molar-refractivity contribution in [2.45, 2.75) is 50.7 Å². The highest BCUT2D eigenvalue weighted by molar-refractivity contribution is 5.69. The van der Waals surface area contributed by atoms with Crippen LogP contribution in [0.5, 0.6) is 0 Å². The first-order valence-corrected chi connectivity index (χ1v) is 5.98. The number of esters is 1. The Hall–Kier alpha value is -0.770. The summed E-state index contributed by atoms with van der Waals surface area (Å²) in [7, 11) is 0. The van der Waals surface area contributed by atoms with Crippen molar-refractivity contribution in [1.82, 2.24) is 0 Å². The topological polar surface area (TPSA) is 137 Å². The van der Waals surface area contributed by atoms with Crippen molar-refractivity contribution < 1.29 is 39.8 Å². The highest BCUT2D eigenvalue weighted by Crippen LogP contribution is 2.29. The first kappa shape index (κ1) is 16.3. The zero-order valence-corrected chi connectivity index (χ0v) is 10.8. The third kappa shape index (κ3) is 3.62. The van der Waals surface area contributed by atoms with Crippen LogP contribution in [0, 0.1) is 5.92 Å². The zero-order valence-electron chi connectivity index (χ0n) is 10.8. The summed E-state index contributed by atoms with van der Waals surface area (Å²) in [6.45, 7) is 2.77. The maximum absolute atomic E-state index is 11.5. The van der Waals surface area contributed by atoms with E-state index in [1.54, 1.807) is 13.8 Å². The smallest absolute Gasteiger partial charge is 0.357 e. The molecule has 19 heavy (non-hydrogen) atoms. The van der Waals surface area contributed by atoms with Gasteiger partial charge in [-0.3, -0.25) is 4.79 Å². The van der Waals surface area contributed by atoms with Gasteiger partial charge in [-0.1, -0.05) is 13.8 Å². The van der Waals surface area contributed by atoms with E-state index in [1.807, 2.05) is 0 Å². The third-order valence-electron chi connectivity index (χ3n) is 2.76. The van der Waals surface area contributed by atoms with Crippen molar-refractivity contribution in [2.75, 3.05) is 6.61 Å². The lowest BCUT2D eigenvalue weighted by molar-refractivity contribution is -0.434. The largest absolute Gasteiger partial charge is 0.406 e. The van der Waals surface area contributed by atoms with Crippen LogP contribution in [0.2, 0.25) is 0 Å². The van der Waals surface area contributed by atoms with E-state index in [4.69, 9.17) is 9.84 Å². The second kappa shape index (κ2) is 6.12. The molecule has 8 heteroatoms. The van der Waals surface area contributed by atoms with Gasteiger partial charge in [0, 0.05) is 6.42 Å². The van der Waals surface area contributed by atoms with E-state index in [-0.39, 0.29) is 12.3 Å². The molecule has 1 aliphatic rings. The Labute approximate surface area is 110 Å². The lowest BCUT2D eigenvalue weighted by Gasteiger charge is -2.43. The predicted molar refractivity (Wildman–Crippen MR) is 60.5 cm³/mol. The molecule has 0 amide bonds. The summed E-state index contributed by atoms with van der Waals surface area (Å²) in [4.78, 5) is 11.5. The number of aliphatic hydroxyl groups excluding tert-OH is 4. The molecule has 0 spiro atoms. The van der Waals surface area contributed by atoms with Crippen molar-refractivity contribution in [2.24, 2.45) is 5.92 Å². The van der Waals surface area contributed by atoms with Crippen molar-refractivity contribution in [1.29, 1.82) is 0 Å². The molecule has 1 heterocycles. The molecule has 0 aromatic rings. The maximum Gasteiger partial charge on any atom is 0.357 e. The molecule has 5 atom stereocenters. The fourth-order valence-electron chi connectivity index (χ4n) is 1.75. The number of carbonyl (C=O) groups is 1. The summed E-state index contributed by atoms with van der Waals surface area (Å²) in [6.07, 6.45) is -6.87. The minimum atomic E-state index is -2.79.